The summed E-state index contributed by atoms with van der Waals surface area (Å²) in [6, 6.07) is 2.71. The summed E-state index contributed by atoms with van der Waals surface area (Å²) in [5.74, 6) is -0.561. The number of thioether (sulfide) groups is 1. The second-order valence-electron chi connectivity index (χ2n) is 5.45. The highest BCUT2D eigenvalue weighted by molar-refractivity contribution is 7.98. The molecule has 1 unspecified atom stereocenters. The van der Waals surface area contributed by atoms with Crippen molar-refractivity contribution in [3.05, 3.63) is 23.3 Å². The molecule has 0 spiro atoms. The second-order valence-corrected chi connectivity index (χ2v) is 6.31. The van der Waals surface area contributed by atoms with Crippen molar-refractivity contribution in [3.63, 3.8) is 0 Å². The van der Waals surface area contributed by atoms with E-state index in [1.54, 1.807) is 13.3 Å². The highest BCUT2D eigenvalue weighted by Gasteiger charge is 2.56. The zero-order valence-corrected chi connectivity index (χ0v) is 15.3. The standard InChI is InChI=1S/C16H23F3N2O2S/c1-6-21(3)10-20-13-8-14(23-4)12(7-11(13)2)15(22,9-24-5)16(17,18)19/h7-8,10,22H,6,9H2,1-5H3/b20-10+. The summed E-state index contributed by atoms with van der Waals surface area (Å²) < 4.78 is 45.5. The van der Waals surface area contributed by atoms with Gasteiger partial charge in [0.1, 0.15) is 5.75 Å². The summed E-state index contributed by atoms with van der Waals surface area (Å²) in [7, 11) is 3.11. The van der Waals surface area contributed by atoms with E-state index < -0.39 is 17.5 Å². The average Bonchev–Trinajstić information content (AvgIpc) is 2.52. The van der Waals surface area contributed by atoms with Crippen LogP contribution in [0.1, 0.15) is 18.1 Å². The number of halogens is 3. The van der Waals surface area contributed by atoms with Crippen LogP contribution in [-0.4, -0.2) is 55.2 Å². The summed E-state index contributed by atoms with van der Waals surface area (Å²) in [6.07, 6.45) is -1.71. The van der Waals surface area contributed by atoms with E-state index in [0.717, 1.165) is 18.3 Å². The molecule has 1 N–H and O–H groups in total. The maximum atomic E-state index is 13.5. The number of alkyl halides is 3. The van der Waals surface area contributed by atoms with Crippen LogP contribution in [-0.2, 0) is 5.60 Å². The average molecular weight is 364 g/mol. The predicted octanol–water partition coefficient (Wildman–Crippen LogP) is 3.73. The summed E-state index contributed by atoms with van der Waals surface area (Å²) in [5.41, 5.74) is -2.27. The summed E-state index contributed by atoms with van der Waals surface area (Å²) in [5, 5.41) is 10.3. The molecule has 0 aliphatic heterocycles. The van der Waals surface area contributed by atoms with Crippen molar-refractivity contribution in [3.8, 4) is 5.75 Å². The lowest BCUT2D eigenvalue weighted by atomic mass is 9.92. The fraction of sp³-hybridized carbons (Fsp3) is 0.562. The van der Waals surface area contributed by atoms with Crippen LogP contribution < -0.4 is 4.74 Å². The molecule has 0 heterocycles. The lowest BCUT2D eigenvalue weighted by Gasteiger charge is -2.32. The molecule has 1 aromatic carbocycles. The number of hydrogen-bond donors (Lipinski definition) is 1. The Bertz CT molecular complexity index is 593. The van der Waals surface area contributed by atoms with Crippen LogP contribution in [0.25, 0.3) is 0 Å². The van der Waals surface area contributed by atoms with Crippen LogP contribution in [0.15, 0.2) is 17.1 Å². The van der Waals surface area contributed by atoms with Crippen LogP contribution in [0.5, 0.6) is 5.75 Å². The first-order chi connectivity index (χ1) is 11.1. The number of hydrogen-bond acceptors (Lipinski definition) is 4. The number of methoxy groups -OCH3 is 1. The zero-order chi connectivity index (χ0) is 18.5. The monoisotopic (exact) mass is 364 g/mol. The molecule has 1 rings (SSSR count). The number of ether oxygens (including phenoxy) is 1. The maximum absolute atomic E-state index is 13.5. The fourth-order valence-corrected chi connectivity index (χ4v) is 2.81. The van der Waals surface area contributed by atoms with Crippen molar-refractivity contribution in [1.29, 1.82) is 0 Å². The van der Waals surface area contributed by atoms with E-state index in [2.05, 4.69) is 4.99 Å². The predicted molar refractivity (Wildman–Crippen MR) is 92.5 cm³/mol. The third-order valence-electron chi connectivity index (χ3n) is 3.68. The Labute approximate surface area is 144 Å². The minimum atomic E-state index is -4.82. The Morgan fingerprint density at radius 3 is 2.46 bits per heavy atom. The molecule has 0 saturated carbocycles. The van der Waals surface area contributed by atoms with Gasteiger partial charge >= 0.3 is 6.18 Å². The molecule has 0 amide bonds. The van der Waals surface area contributed by atoms with Gasteiger partial charge in [-0.2, -0.15) is 24.9 Å². The minimum absolute atomic E-state index is 0.0409. The van der Waals surface area contributed by atoms with Crippen LogP contribution in [0.2, 0.25) is 0 Å². The molecular weight excluding hydrogens is 341 g/mol. The molecule has 0 aliphatic rings. The van der Waals surface area contributed by atoms with Gasteiger partial charge in [0.25, 0.3) is 0 Å². The first kappa shape index (κ1) is 20.6. The molecule has 1 aromatic rings. The maximum Gasteiger partial charge on any atom is 0.422 e. The van der Waals surface area contributed by atoms with Crippen molar-refractivity contribution in [2.75, 3.05) is 32.7 Å². The van der Waals surface area contributed by atoms with Gasteiger partial charge in [-0.3, -0.25) is 0 Å². The normalized spacial score (nSPS) is 14.7. The van der Waals surface area contributed by atoms with Crippen LogP contribution in [0, 0.1) is 6.92 Å². The topological polar surface area (TPSA) is 45.1 Å². The van der Waals surface area contributed by atoms with Crippen LogP contribution in [0.3, 0.4) is 0 Å². The quantitative estimate of drug-likeness (QED) is 0.592. The van der Waals surface area contributed by atoms with Gasteiger partial charge in [-0.15, -0.1) is 0 Å². The van der Waals surface area contributed by atoms with Crippen molar-refractivity contribution in [2.24, 2.45) is 4.99 Å². The van der Waals surface area contributed by atoms with Gasteiger partial charge in [0.2, 0.25) is 0 Å². The van der Waals surface area contributed by atoms with E-state index >= 15 is 0 Å². The lowest BCUT2D eigenvalue weighted by Crippen LogP contribution is -2.44. The van der Waals surface area contributed by atoms with E-state index in [1.165, 1.54) is 25.5 Å². The third-order valence-corrected chi connectivity index (χ3v) is 4.38. The zero-order valence-electron chi connectivity index (χ0n) is 14.4. The number of aryl methyl sites for hydroxylation is 1. The largest absolute Gasteiger partial charge is 0.496 e. The molecule has 8 heteroatoms. The lowest BCUT2D eigenvalue weighted by molar-refractivity contribution is -0.256. The van der Waals surface area contributed by atoms with E-state index in [-0.39, 0.29) is 11.3 Å². The number of benzene rings is 1. The molecule has 4 nitrogen and oxygen atoms in total. The van der Waals surface area contributed by atoms with Gasteiger partial charge in [0, 0.05) is 31.0 Å². The molecule has 0 aromatic heterocycles. The van der Waals surface area contributed by atoms with E-state index in [4.69, 9.17) is 4.74 Å². The SMILES string of the molecule is CCN(C)/C=N/c1cc(OC)c(C(O)(CSC)C(F)(F)F)cc1C. The molecule has 1 atom stereocenters. The second kappa shape index (κ2) is 8.11. The number of aliphatic hydroxyl groups is 1. The van der Waals surface area contributed by atoms with Gasteiger partial charge < -0.3 is 14.7 Å². The van der Waals surface area contributed by atoms with E-state index in [1.807, 2.05) is 18.9 Å². The third kappa shape index (κ3) is 4.36. The molecule has 0 saturated heterocycles. The number of rotatable bonds is 7. The Kier molecular flexibility index (Phi) is 6.97. The Hall–Kier alpha value is -1.41. The van der Waals surface area contributed by atoms with E-state index in [0.29, 0.717) is 11.3 Å². The Balaban J connectivity index is 3.45. The summed E-state index contributed by atoms with van der Waals surface area (Å²) in [4.78, 5) is 6.10. The highest BCUT2D eigenvalue weighted by Crippen LogP contribution is 2.46. The van der Waals surface area contributed by atoms with Gasteiger partial charge in [0.15, 0.2) is 5.60 Å². The van der Waals surface area contributed by atoms with E-state index in [9.17, 15) is 18.3 Å². The Morgan fingerprint density at radius 1 is 1.38 bits per heavy atom. The molecule has 0 fully saturated rings. The van der Waals surface area contributed by atoms with Gasteiger partial charge in [-0.25, -0.2) is 4.99 Å². The van der Waals surface area contributed by atoms with Crippen LogP contribution >= 0.6 is 11.8 Å². The first-order valence-corrected chi connectivity index (χ1v) is 8.71. The van der Waals surface area contributed by atoms with Crippen molar-refractivity contribution in [1.82, 2.24) is 4.90 Å². The number of nitrogens with zero attached hydrogens (tertiary/aromatic N) is 2. The first-order valence-electron chi connectivity index (χ1n) is 7.32. The van der Waals surface area contributed by atoms with Crippen molar-refractivity contribution >= 4 is 23.8 Å². The van der Waals surface area contributed by atoms with Gasteiger partial charge in [-0.05, 0) is 31.7 Å². The molecule has 0 aliphatic carbocycles. The summed E-state index contributed by atoms with van der Waals surface area (Å²) >= 11 is 0.915. The van der Waals surface area contributed by atoms with Crippen LogP contribution in [0.4, 0.5) is 18.9 Å². The van der Waals surface area contributed by atoms with Gasteiger partial charge in [-0.1, -0.05) is 0 Å². The summed E-state index contributed by atoms with van der Waals surface area (Å²) in [6.45, 7) is 4.35. The Morgan fingerprint density at radius 2 is 2.00 bits per heavy atom. The van der Waals surface area contributed by atoms with Crippen molar-refractivity contribution in [2.45, 2.75) is 25.6 Å². The number of aliphatic imine (C=N–C) groups is 1. The molecular formula is C16H23F3N2O2S. The highest BCUT2D eigenvalue weighted by atomic mass is 32.2. The van der Waals surface area contributed by atoms with Gasteiger partial charge in [0.05, 0.1) is 19.1 Å². The molecule has 24 heavy (non-hydrogen) atoms. The molecule has 0 bridgehead atoms. The molecule has 136 valence electrons. The smallest absolute Gasteiger partial charge is 0.422 e. The fourth-order valence-electron chi connectivity index (χ4n) is 2.07. The van der Waals surface area contributed by atoms with Crippen molar-refractivity contribution < 1.29 is 23.0 Å². The molecule has 0 radical (unpaired) electrons. The minimum Gasteiger partial charge on any atom is -0.496 e.